The minimum atomic E-state index is -3.38. The largest absolute Gasteiger partial charge is 0.496 e. The van der Waals surface area contributed by atoms with E-state index in [-0.39, 0.29) is 5.56 Å². The summed E-state index contributed by atoms with van der Waals surface area (Å²) in [7, 11) is 1.10. The Morgan fingerprint density at radius 1 is 0.833 bits per heavy atom. The molecule has 5 nitrogen and oxygen atoms in total. The van der Waals surface area contributed by atoms with Gasteiger partial charge in [0.1, 0.15) is 22.8 Å². The zero-order valence-electron chi connectivity index (χ0n) is 18.5. The van der Waals surface area contributed by atoms with Crippen LogP contribution in [0.2, 0.25) is 0 Å². The summed E-state index contributed by atoms with van der Waals surface area (Å²) in [6, 6.07) is 12.3. The summed E-state index contributed by atoms with van der Waals surface area (Å²) in [4.78, 5) is 13.7. The fourth-order valence-electron chi connectivity index (χ4n) is 3.53. The molecule has 2 aromatic carbocycles. The third-order valence-corrected chi connectivity index (χ3v) is 8.21. The highest BCUT2D eigenvalue weighted by Crippen LogP contribution is 2.52. The van der Waals surface area contributed by atoms with Crippen molar-refractivity contribution in [1.29, 1.82) is 0 Å². The van der Waals surface area contributed by atoms with E-state index in [1.54, 1.807) is 24.3 Å². The maximum absolute atomic E-state index is 14.2. The van der Waals surface area contributed by atoms with E-state index in [0.717, 1.165) is 19.3 Å². The van der Waals surface area contributed by atoms with Gasteiger partial charge < -0.3 is 18.8 Å². The van der Waals surface area contributed by atoms with Crippen LogP contribution < -0.4 is 19.5 Å². The third-order valence-electron chi connectivity index (χ3n) is 5.26. The molecule has 0 saturated heterocycles. The van der Waals surface area contributed by atoms with Crippen molar-refractivity contribution in [2.24, 2.45) is 0 Å². The van der Waals surface area contributed by atoms with E-state index in [2.05, 4.69) is 6.92 Å². The molecule has 0 radical (unpaired) electrons. The van der Waals surface area contributed by atoms with E-state index in [4.69, 9.17) is 14.2 Å². The Hall–Kier alpha value is -2.26. The average molecular weight is 432 g/mol. The molecule has 1 atom stereocenters. The first-order chi connectivity index (χ1) is 14.5. The number of ether oxygens (including phenoxy) is 3. The summed E-state index contributed by atoms with van der Waals surface area (Å²) >= 11 is 0. The minimum Gasteiger partial charge on any atom is -0.496 e. The zero-order valence-corrected chi connectivity index (χ0v) is 19.4. The number of unbranched alkanes of at least 4 members (excludes halogenated alkanes) is 5. The molecule has 2 rings (SSSR count). The van der Waals surface area contributed by atoms with Crippen molar-refractivity contribution in [3.8, 4) is 17.2 Å². The summed E-state index contributed by atoms with van der Waals surface area (Å²) in [5, 5.41) is 0.573. The molecule has 0 aliphatic heterocycles. The quantitative estimate of drug-likeness (QED) is 0.291. The van der Waals surface area contributed by atoms with Gasteiger partial charge in [-0.15, -0.1) is 0 Å². The van der Waals surface area contributed by atoms with Crippen LogP contribution in [0.4, 0.5) is 0 Å². The molecule has 0 spiro atoms. The zero-order chi connectivity index (χ0) is 22.0. The first-order valence-electron chi connectivity index (χ1n) is 10.5. The molecule has 30 heavy (non-hydrogen) atoms. The first-order valence-corrected chi connectivity index (χ1v) is 12.4. The summed E-state index contributed by atoms with van der Waals surface area (Å²) in [5.41, 5.74) is -0.224. The molecule has 0 amide bonds. The first kappa shape index (κ1) is 24.0. The minimum absolute atomic E-state index is 0.207. The fraction of sp³-hybridized carbons (Fsp3) is 0.458. The molecule has 0 aromatic heterocycles. The van der Waals surface area contributed by atoms with E-state index in [1.807, 2.05) is 18.2 Å². The molecule has 1 unspecified atom stereocenters. The van der Waals surface area contributed by atoms with Gasteiger partial charge in [-0.3, -0.25) is 4.79 Å². The normalized spacial score (nSPS) is 12.8. The van der Waals surface area contributed by atoms with Gasteiger partial charge in [0.2, 0.25) is 5.52 Å². The van der Waals surface area contributed by atoms with Gasteiger partial charge in [-0.2, -0.15) is 0 Å². The van der Waals surface area contributed by atoms with E-state index in [0.29, 0.717) is 28.7 Å². The number of methoxy groups -OCH3 is 3. The number of carbonyl (C=O) groups is 1. The third kappa shape index (κ3) is 5.66. The van der Waals surface area contributed by atoms with Gasteiger partial charge in [0.15, 0.2) is 7.14 Å². The number of rotatable bonds is 13. The monoisotopic (exact) mass is 432 g/mol. The Bertz CT molecular complexity index is 838. The van der Waals surface area contributed by atoms with Crippen LogP contribution in [0.15, 0.2) is 42.5 Å². The van der Waals surface area contributed by atoms with Crippen LogP contribution in [0.1, 0.15) is 55.8 Å². The van der Waals surface area contributed by atoms with Crippen LogP contribution in [0.25, 0.3) is 0 Å². The number of carbonyl (C=O) groups excluding carboxylic acids is 1. The van der Waals surface area contributed by atoms with Gasteiger partial charge in [0, 0.05) is 23.6 Å². The van der Waals surface area contributed by atoms with Gasteiger partial charge in [-0.1, -0.05) is 69.4 Å². The summed E-state index contributed by atoms with van der Waals surface area (Å²) in [6.07, 6.45) is 6.67. The molecule has 0 aliphatic rings. The van der Waals surface area contributed by atoms with Crippen molar-refractivity contribution in [2.45, 2.75) is 45.4 Å². The van der Waals surface area contributed by atoms with Crippen LogP contribution in [-0.4, -0.2) is 33.0 Å². The predicted molar refractivity (Wildman–Crippen MR) is 122 cm³/mol. The average Bonchev–Trinajstić information content (AvgIpc) is 2.80. The predicted octanol–water partition coefficient (Wildman–Crippen LogP) is 5.90. The molecule has 6 heteroatoms. The van der Waals surface area contributed by atoms with Crippen molar-refractivity contribution in [1.82, 2.24) is 0 Å². The second kappa shape index (κ2) is 11.8. The Balaban J connectivity index is 2.42. The molecule has 164 valence electrons. The summed E-state index contributed by atoms with van der Waals surface area (Å²) in [5.74, 6) is 1.11. The molecule has 0 N–H and O–H groups in total. The number of hydrogen-bond donors (Lipinski definition) is 0. The van der Waals surface area contributed by atoms with Crippen LogP contribution in [0.5, 0.6) is 17.2 Å². The lowest BCUT2D eigenvalue weighted by Gasteiger charge is -2.21. The van der Waals surface area contributed by atoms with Gasteiger partial charge in [0.25, 0.3) is 0 Å². The Labute approximate surface area is 180 Å². The van der Waals surface area contributed by atoms with Gasteiger partial charge in [-0.25, -0.2) is 0 Å². The molecular formula is C24H33O5P. The molecule has 0 fully saturated rings. The Kier molecular flexibility index (Phi) is 9.45. The maximum atomic E-state index is 14.2. The smallest absolute Gasteiger partial charge is 0.233 e. The van der Waals surface area contributed by atoms with Gasteiger partial charge in [-0.05, 0) is 6.42 Å². The highest BCUT2D eigenvalue weighted by Gasteiger charge is 2.37. The van der Waals surface area contributed by atoms with E-state index >= 15 is 0 Å². The molecular weight excluding hydrogens is 399 g/mol. The van der Waals surface area contributed by atoms with Crippen molar-refractivity contribution in [3.05, 3.63) is 48.0 Å². The topological polar surface area (TPSA) is 61.8 Å². The van der Waals surface area contributed by atoms with Crippen LogP contribution in [0, 0.1) is 0 Å². The van der Waals surface area contributed by atoms with E-state index in [1.165, 1.54) is 40.6 Å². The molecule has 0 bridgehead atoms. The molecule has 2 aromatic rings. The maximum Gasteiger partial charge on any atom is 0.233 e. The fourth-order valence-corrected chi connectivity index (χ4v) is 6.13. The van der Waals surface area contributed by atoms with E-state index in [9.17, 15) is 9.36 Å². The highest BCUT2D eigenvalue weighted by atomic mass is 31.2. The summed E-state index contributed by atoms with van der Waals surface area (Å²) in [6.45, 7) is 2.18. The van der Waals surface area contributed by atoms with E-state index < -0.39 is 12.7 Å². The van der Waals surface area contributed by atoms with Crippen LogP contribution in [0.3, 0.4) is 0 Å². The lowest BCUT2D eigenvalue weighted by atomic mass is 10.1. The molecule has 0 heterocycles. The molecule has 0 saturated carbocycles. The lowest BCUT2D eigenvalue weighted by molar-refractivity contribution is 0.107. The number of benzene rings is 2. The van der Waals surface area contributed by atoms with Crippen LogP contribution >= 0.6 is 7.14 Å². The van der Waals surface area contributed by atoms with Crippen molar-refractivity contribution < 1.29 is 23.6 Å². The van der Waals surface area contributed by atoms with Gasteiger partial charge >= 0.3 is 0 Å². The molecule has 0 aliphatic carbocycles. The second-order valence-electron chi connectivity index (χ2n) is 7.28. The van der Waals surface area contributed by atoms with Gasteiger partial charge in [0.05, 0.1) is 21.3 Å². The lowest BCUT2D eigenvalue weighted by Crippen LogP contribution is -2.17. The second-order valence-corrected chi connectivity index (χ2v) is 10.1. The van der Waals surface area contributed by atoms with Crippen molar-refractivity contribution in [3.63, 3.8) is 0 Å². The Morgan fingerprint density at radius 3 is 1.93 bits per heavy atom. The Morgan fingerprint density at radius 2 is 1.40 bits per heavy atom. The summed E-state index contributed by atoms with van der Waals surface area (Å²) < 4.78 is 30.4. The van der Waals surface area contributed by atoms with Crippen molar-refractivity contribution in [2.75, 3.05) is 27.5 Å². The van der Waals surface area contributed by atoms with Crippen molar-refractivity contribution >= 4 is 18.0 Å². The standard InChI is InChI=1S/C24H33O5P/c1-5-6-7-8-9-13-16-30(26,20-14-11-10-12-15-20)24(25)23-21(28-3)17-19(27-2)18-22(23)29-4/h10-12,14-15,17-18H,5-9,13,16H2,1-4H3. The SMILES string of the molecule is CCCCCCCCP(=O)(C(=O)c1c(OC)cc(OC)cc1OC)c1ccccc1. The van der Waals surface area contributed by atoms with Crippen LogP contribution in [-0.2, 0) is 4.57 Å². The number of hydrogen-bond acceptors (Lipinski definition) is 5. The highest BCUT2D eigenvalue weighted by molar-refractivity contribution is 7.87.